The number of ether oxygens (including phenoxy) is 1. The first-order chi connectivity index (χ1) is 14.0. The van der Waals surface area contributed by atoms with Gasteiger partial charge in [0.05, 0.1) is 18.8 Å². The number of halogens is 3. The van der Waals surface area contributed by atoms with Crippen LogP contribution in [0.3, 0.4) is 0 Å². The first-order valence-corrected chi connectivity index (χ1v) is 10.5. The highest BCUT2D eigenvalue weighted by atomic mass is 127. The molecule has 2 heterocycles. The molecule has 2 aromatic rings. The summed E-state index contributed by atoms with van der Waals surface area (Å²) < 4.78 is 5.59. The second-order valence-electron chi connectivity index (χ2n) is 7.11. The van der Waals surface area contributed by atoms with E-state index < -0.39 is 0 Å². The normalized spacial score (nSPS) is 17.8. The zero-order valence-electron chi connectivity index (χ0n) is 17.4. The minimum atomic E-state index is -0.0187. The van der Waals surface area contributed by atoms with Crippen LogP contribution in [-0.4, -0.2) is 43.8 Å². The fourth-order valence-corrected chi connectivity index (χ4v) is 3.82. The third kappa shape index (κ3) is 6.87. The summed E-state index contributed by atoms with van der Waals surface area (Å²) >= 11 is 12.3. The van der Waals surface area contributed by atoms with E-state index in [0.717, 1.165) is 36.6 Å². The molecule has 6 nitrogen and oxygen atoms in total. The van der Waals surface area contributed by atoms with Gasteiger partial charge in [-0.05, 0) is 43.2 Å². The van der Waals surface area contributed by atoms with Crippen molar-refractivity contribution in [1.29, 1.82) is 0 Å². The maximum atomic E-state index is 6.31. The highest BCUT2D eigenvalue weighted by molar-refractivity contribution is 14.0. The smallest absolute Gasteiger partial charge is 0.191 e. The lowest BCUT2D eigenvalue weighted by Crippen LogP contribution is -2.41. The van der Waals surface area contributed by atoms with Gasteiger partial charge in [-0.2, -0.15) is 0 Å². The molecule has 30 heavy (non-hydrogen) atoms. The topological polar surface area (TPSA) is 61.8 Å². The molecule has 164 valence electrons. The molecule has 1 aromatic heterocycles. The van der Waals surface area contributed by atoms with E-state index in [9.17, 15) is 0 Å². The maximum Gasteiger partial charge on any atom is 0.191 e. The lowest BCUT2D eigenvalue weighted by atomic mass is 10.1. The Balaban J connectivity index is 0.00000320. The molecule has 0 radical (unpaired) electrons. The number of anilines is 1. The van der Waals surface area contributed by atoms with Crippen LogP contribution in [0.4, 0.5) is 5.82 Å². The molecule has 2 atom stereocenters. The Labute approximate surface area is 205 Å². The number of aliphatic imine (C=N–C) groups is 1. The van der Waals surface area contributed by atoms with Crippen LogP contribution >= 0.6 is 47.2 Å². The predicted octanol–water partition coefficient (Wildman–Crippen LogP) is 4.66. The van der Waals surface area contributed by atoms with E-state index >= 15 is 0 Å². The molecule has 0 spiro atoms. The van der Waals surface area contributed by atoms with Crippen molar-refractivity contribution in [2.24, 2.45) is 4.99 Å². The number of aromatic nitrogens is 1. The third-order valence-electron chi connectivity index (χ3n) is 4.84. The summed E-state index contributed by atoms with van der Waals surface area (Å²) in [5, 5.41) is 7.92. The van der Waals surface area contributed by atoms with Crippen molar-refractivity contribution < 1.29 is 4.74 Å². The molecule has 1 aliphatic heterocycles. The minimum absolute atomic E-state index is 0. The number of guanidine groups is 1. The number of rotatable bonds is 5. The number of hydrogen-bond acceptors (Lipinski definition) is 4. The molecule has 0 bridgehead atoms. The van der Waals surface area contributed by atoms with Gasteiger partial charge < -0.3 is 20.3 Å². The monoisotopic (exact) mass is 563 g/mol. The first-order valence-electron chi connectivity index (χ1n) is 9.70. The van der Waals surface area contributed by atoms with Gasteiger partial charge in [0.25, 0.3) is 0 Å². The van der Waals surface area contributed by atoms with E-state index in [0.29, 0.717) is 22.5 Å². The molecule has 9 heteroatoms. The van der Waals surface area contributed by atoms with Crippen LogP contribution in [0.1, 0.15) is 31.0 Å². The molecule has 0 amide bonds. The van der Waals surface area contributed by atoms with E-state index in [2.05, 4.69) is 44.6 Å². The highest BCUT2D eigenvalue weighted by Gasteiger charge is 2.17. The van der Waals surface area contributed by atoms with Crippen LogP contribution < -0.4 is 15.5 Å². The fraction of sp³-hybridized carbons (Fsp3) is 0.429. The minimum Gasteiger partial charge on any atom is -0.375 e. The van der Waals surface area contributed by atoms with Crippen molar-refractivity contribution in [2.45, 2.75) is 32.5 Å². The Morgan fingerprint density at radius 1 is 1.33 bits per heavy atom. The highest BCUT2D eigenvalue weighted by Crippen LogP contribution is 2.26. The van der Waals surface area contributed by atoms with E-state index in [1.165, 1.54) is 0 Å². The van der Waals surface area contributed by atoms with Gasteiger partial charge in [0.1, 0.15) is 5.82 Å². The molecule has 3 rings (SSSR count). The summed E-state index contributed by atoms with van der Waals surface area (Å²) in [6.07, 6.45) is 2.13. The molecular weight excluding hydrogens is 536 g/mol. The van der Waals surface area contributed by atoms with Gasteiger partial charge in [-0.3, -0.25) is 4.99 Å². The largest absolute Gasteiger partial charge is 0.375 e. The van der Waals surface area contributed by atoms with Gasteiger partial charge in [-0.25, -0.2) is 4.98 Å². The van der Waals surface area contributed by atoms with Gasteiger partial charge >= 0.3 is 0 Å². The average Bonchev–Trinajstić information content (AvgIpc) is 2.71. The van der Waals surface area contributed by atoms with E-state index in [-0.39, 0.29) is 36.1 Å². The van der Waals surface area contributed by atoms with Gasteiger partial charge in [0, 0.05) is 42.9 Å². The maximum absolute atomic E-state index is 6.31. The van der Waals surface area contributed by atoms with Gasteiger partial charge in [0.2, 0.25) is 0 Å². The zero-order chi connectivity index (χ0) is 20.8. The number of nitrogens with zero attached hydrogens (tertiary/aromatic N) is 3. The second kappa shape index (κ2) is 11.9. The van der Waals surface area contributed by atoms with E-state index in [1.54, 1.807) is 13.1 Å². The standard InChI is InChI=1S/C21H27Cl2N5O.HI/c1-14-13-28(8-9-29-14)20-7-4-16(11-25-20)12-26-21(24-3)27-15(2)18-6-5-17(22)10-19(18)23;/h4-7,10-11,14-15H,8-9,12-13H2,1-3H3,(H2,24,26,27);1H. The number of benzene rings is 1. The number of pyridine rings is 1. The van der Waals surface area contributed by atoms with E-state index in [4.69, 9.17) is 27.9 Å². The lowest BCUT2D eigenvalue weighted by Gasteiger charge is -2.32. The number of nitrogens with one attached hydrogen (secondary N) is 2. The summed E-state index contributed by atoms with van der Waals surface area (Å²) in [6, 6.07) is 9.62. The van der Waals surface area contributed by atoms with Crippen molar-refractivity contribution in [2.75, 3.05) is 31.6 Å². The zero-order valence-corrected chi connectivity index (χ0v) is 21.2. The Hall–Kier alpha value is -1.29. The third-order valence-corrected chi connectivity index (χ3v) is 5.40. The van der Waals surface area contributed by atoms with Crippen LogP contribution in [0, 0.1) is 0 Å². The van der Waals surface area contributed by atoms with Crippen molar-refractivity contribution in [3.63, 3.8) is 0 Å². The summed E-state index contributed by atoms with van der Waals surface area (Å²) in [4.78, 5) is 11.2. The second-order valence-corrected chi connectivity index (χ2v) is 7.95. The molecule has 2 unspecified atom stereocenters. The van der Waals surface area contributed by atoms with Gasteiger partial charge in [-0.15, -0.1) is 24.0 Å². The van der Waals surface area contributed by atoms with Crippen LogP contribution in [-0.2, 0) is 11.3 Å². The Kier molecular flexibility index (Phi) is 9.93. The Morgan fingerprint density at radius 2 is 2.13 bits per heavy atom. The molecule has 0 saturated carbocycles. The SMILES string of the molecule is CN=C(NCc1ccc(N2CCOC(C)C2)nc1)NC(C)c1ccc(Cl)cc1Cl.I. The molecule has 0 aliphatic carbocycles. The van der Waals surface area contributed by atoms with Crippen molar-refractivity contribution >= 4 is 59.0 Å². The summed E-state index contributed by atoms with van der Waals surface area (Å²) in [5.74, 6) is 1.67. The summed E-state index contributed by atoms with van der Waals surface area (Å²) in [6.45, 7) is 7.21. The predicted molar refractivity (Wildman–Crippen MR) is 135 cm³/mol. The molecule has 1 fully saturated rings. The van der Waals surface area contributed by atoms with Crippen LogP contribution in [0.5, 0.6) is 0 Å². The van der Waals surface area contributed by atoms with Gasteiger partial charge in [0.15, 0.2) is 5.96 Å². The van der Waals surface area contributed by atoms with Crippen molar-refractivity contribution in [1.82, 2.24) is 15.6 Å². The van der Waals surface area contributed by atoms with Crippen LogP contribution in [0.15, 0.2) is 41.5 Å². The molecule has 1 saturated heterocycles. The quantitative estimate of drug-likeness (QED) is 0.315. The van der Waals surface area contributed by atoms with E-state index in [1.807, 2.05) is 25.3 Å². The molecule has 2 N–H and O–H groups in total. The average molecular weight is 564 g/mol. The summed E-state index contributed by atoms with van der Waals surface area (Å²) in [7, 11) is 1.74. The Bertz CT molecular complexity index is 850. The van der Waals surface area contributed by atoms with Crippen molar-refractivity contribution in [3.05, 3.63) is 57.7 Å². The number of hydrogen-bond donors (Lipinski definition) is 2. The number of morpholine rings is 1. The Morgan fingerprint density at radius 3 is 2.77 bits per heavy atom. The lowest BCUT2D eigenvalue weighted by molar-refractivity contribution is 0.0529. The van der Waals surface area contributed by atoms with Crippen LogP contribution in [0.2, 0.25) is 10.0 Å². The molecule has 1 aliphatic rings. The fourth-order valence-electron chi connectivity index (χ4n) is 3.25. The summed E-state index contributed by atoms with van der Waals surface area (Å²) in [5.41, 5.74) is 2.04. The first kappa shape index (κ1) is 25.0. The molecule has 1 aromatic carbocycles. The van der Waals surface area contributed by atoms with Crippen molar-refractivity contribution in [3.8, 4) is 0 Å². The molecular formula is C21H28Cl2IN5O. The van der Waals surface area contributed by atoms with Gasteiger partial charge in [-0.1, -0.05) is 35.3 Å². The van der Waals surface area contributed by atoms with Crippen LogP contribution in [0.25, 0.3) is 0 Å².